The highest BCUT2D eigenvalue weighted by Gasteiger charge is 2.32. The molecule has 0 aliphatic carbocycles. The van der Waals surface area contributed by atoms with Crippen LogP contribution >= 0.6 is 11.8 Å². The van der Waals surface area contributed by atoms with Gasteiger partial charge in [0, 0.05) is 23.6 Å². The molecular weight excluding hydrogens is 521 g/mol. The van der Waals surface area contributed by atoms with Gasteiger partial charge < -0.3 is 9.26 Å². The molecule has 0 saturated heterocycles. The van der Waals surface area contributed by atoms with Crippen LogP contribution in [0.2, 0.25) is 0 Å². The van der Waals surface area contributed by atoms with Gasteiger partial charge in [0.25, 0.3) is 15.6 Å². The fourth-order valence-corrected chi connectivity index (χ4v) is 4.80. The van der Waals surface area contributed by atoms with E-state index in [9.17, 15) is 35.2 Å². The standard InChI is InChI=1S/C20H12F5N3O5S2/c1-32-16-9-17(34-20(23,24)25)13(22)7-15(16)28-14-3-2-10(6-11(14)12(21)8-19(28)29)35(30,31)27-18-4-5-33-26-18/h2-9H,1H3,(H,26,27). The van der Waals surface area contributed by atoms with Gasteiger partial charge in [-0.05, 0) is 36.0 Å². The van der Waals surface area contributed by atoms with E-state index >= 15 is 0 Å². The lowest BCUT2D eigenvalue weighted by Gasteiger charge is -2.17. The highest BCUT2D eigenvalue weighted by molar-refractivity contribution is 8.00. The monoisotopic (exact) mass is 533 g/mol. The molecular formula is C20H12F5N3O5S2. The number of halogens is 5. The fraction of sp³-hybridized carbons (Fsp3) is 0.100. The summed E-state index contributed by atoms with van der Waals surface area (Å²) in [6.45, 7) is 0. The summed E-state index contributed by atoms with van der Waals surface area (Å²) in [5.74, 6) is -2.82. The number of hydrogen-bond donors (Lipinski definition) is 1. The van der Waals surface area contributed by atoms with E-state index < -0.39 is 54.3 Å². The van der Waals surface area contributed by atoms with Crippen molar-refractivity contribution in [1.82, 2.24) is 9.72 Å². The van der Waals surface area contributed by atoms with E-state index in [4.69, 9.17) is 4.74 Å². The SMILES string of the molecule is COc1cc(SC(F)(F)F)c(F)cc1-n1c(=O)cc(F)c2cc(S(=O)(=O)Nc3ccon3)ccc21. The molecule has 4 rings (SSSR count). The average Bonchev–Trinajstić information content (AvgIpc) is 3.26. The van der Waals surface area contributed by atoms with Crippen molar-refractivity contribution >= 4 is 38.5 Å². The minimum Gasteiger partial charge on any atom is -0.495 e. The highest BCUT2D eigenvalue weighted by Crippen LogP contribution is 2.41. The van der Waals surface area contributed by atoms with Crippen molar-refractivity contribution in [2.24, 2.45) is 0 Å². The molecule has 15 heteroatoms. The molecule has 0 bridgehead atoms. The Morgan fingerprint density at radius 2 is 1.83 bits per heavy atom. The number of nitrogens with one attached hydrogen (secondary N) is 1. The summed E-state index contributed by atoms with van der Waals surface area (Å²) in [5, 5.41) is 3.08. The largest absolute Gasteiger partial charge is 0.495 e. The number of ether oxygens (including phenoxy) is 1. The molecule has 4 aromatic rings. The van der Waals surface area contributed by atoms with Gasteiger partial charge in [0.1, 0.15) is 23.6 Å². The number of hydrogen-bond acceptors (Lipinski definition) is 7. The van der Waals surface area contributed by atoms with Gasteiger partial charge in [-0.15, -0.1) is 0 Å². The molecule has 0 fully saturated rings. The third kappa shape index (κ3) is 4.95. The smallest absolute Gasteiger partial charge is 0.446 e. The summed E-state index contributed by atoms with van der Waals surface area (Å²) >= 11 is -0.711. The van der Waals surface area contributed by atoms with Gasteiger partial charge >= 0.3 is 5.51 Å². The van der Waals surface area contributed by atoms with Crippen LogP contribution in [0.3, 0.4) is 0 Å². The van der Waals surface area contributed by atoms with E-state index in [0.717, 1.165) is 42.2 Å². The number of thioether (sulfide) groups is 1. The van der Waals surface area contributed by atoms with E-state index in [1.54, 1.807) is 0 Å². The summed E-state index contributed by atoms with van der Waals surface area (Å²) in [6.07, 6.45) is 1.13. The molecule has 8 nitrogen and oxygen atoms in total. The zero-order valence-electron chi connectivity index (χ0n) is 17.3. The summed E-state index contributed by atoms with van der Waals surface area (Å²) in [5.41, 5.74) is -6.29. The molecule has 2 aromatic heterocycles. The second-order valence-corrected chi connectivity index (χ2v) is 9.63. The second-order valence-electron chi connectivity index (χ2n) is 6.84. The van der Waals surface area contributed by atoms with Crippen LogP contribution in [0.5, 0.6) is 5.75 Å². The molecule has 0 saturated carbocycles. The summed E-state index contributed by atoms with van der Waals surface area (Å²) < 4.78 is 105. The normalized spacial score (nSPS) is 12.2. The number of anilines is 1. The van der Waals surface area contributed by atoms with Crippen LogP contribution in [0.15, 0.2) is 67.8 Å². The Hall–Kier alpha value is -3.59. The number of fused-ring (bicyclic) bond motifs is 1. The summed E-state index contributed by atoms with van der Waals surface area (Å²) in [6, 6.07) is 6.23. The van der Waals surface area contributed by atoms with E-state index in [0.29, 0.717) is 12.1 Å². The van der Waals surface area contributed by atoms with Crippen molar-refractivity contribution in [2.45, 2.75) is 15.3 Å². The lowest BCUT2D eigenvalue weighted by atomic mass is 10.2. The minimum atomic E-state index is -4.78. The molecule has 1 N–H and O–H groups in total. The predicted molar refractivity (Wildman–Crippen MR) is 115 cm³/mol. The first kappa shape index (κ1) is 24.5. The lowest BCUT2D eigenvalue weighted by Crippen LogP contribution is -2.20. The molecule has 0 amide bonds. The van der Waals surface area contributed by atoms with Gasteiger partial charge in [0.15, 0.2) is 5.82 Å². The third-order valence-electron chi connectivity index (χ3n) is 4.62. The van der Waals surface area contributed by atoms with E-state index in [1.807, 2.05) is 0 Å². The number of sulfonamides is 1. The number of rotatable bonds is 6. The number of alkyl halides is 3. The first-order valence-electron chi connectivity index (χ1n) is 9.32. The molecule has 0 atom stereocenters. The van der Waals surface area contributed by atoms with E-state index in [1.165, 1.54) is 6.07 Å². The molecule has 0 unspecified atom stereocenters. The first-order valence-corrected chi connectivity index (χ1v) is 11.6. The Balaban J connectivity index is 1.89. The van der Waals surface area contributed by atoms with Gasteiger partial charge in [0.2, 0.25) is 0 Å². The summed E-state index contributed by atoms with van der Waals surface area (Å²) in [4.78, 5) is 11.5. The number of aromatic nitrogens is 2. The van der Waals surface area contributed by atoms with Crippen molar-refractivity contribution in [3.8, 4) is 11.4 Å². The first-order chi connectivity index (χ1) is 16.4. The van der Waals surface area contributed by atoms with Gasteiger partial charge in [-0.3, -0.25) is 14.1 Å². The Kier molecular flexibility index (Phi) is 6.23. The van der Waals surface area contributed by atoms with Gasteiger partial charge in [0.05, 0.1) is 28.1 Å². The average molecular weight is 533 g/mol. The van der Waals surface area contributed by atoms with Gasteiger partial charge in [-0.25, -0.2) is 17.2 Å². The Labute approximate surface area is 197 Å². The van der Waals surface area contributed by atoms with Crippen molar-refractivity contribution in [1.29, 1.82) is 0 Å². The van der Waals surface area contributed by atoms with E-state index in [2.05, 4.69) is 14.4 Å². The van der Waals surface area contributed by atoms with Crippen molar-refractivity contribution in [3.63, 3.8) is 0 Å². The number of benzene rings is 2. The van der Waals surface area contributed by atoms with Gasteiger partial charge in [-0.1, -0.05) is 5.16 Å². The maximum atomic E-state index is 14.7. The van der Waals surface area contributed by atoms with Crippen molar-refractivity contribution in [3.05, 3.63) is 70.7 Å². The van der Waals surface area contributed by atoms with Crippen LogP contribution in [0, 0.1) is 11.6 Å². The van der Waals surface area contributed by atoms with Crippen LogP contribution < -0.4 is 15.0 Å². The van der Waals surface area contributed by atoms with Crippen molar-refractivity contribution < 1.29 is 39.6 Å². The van der Waals surface area contributed by atoms with Crippen LogP contribution in [-0.2, 0) is 10.0 Å². The third-order valence-corrected chi connectivity index (χ3v) is 6.74. The number of methoxy groups -OCH3 is 1. The molecule has 2 heterocycles. The molecule has 0 radical (unpaired) electrons. The molecule has 0 aliphatic heterocycles. The van der Waals surface area contributed by atoms with Crippen molar-refractivity contribution in [2.75, 3.05) is 11.8 Å². The van der Waals surface area contributed by atoms with Crippen LogP contribution in [-0.4, -0.2) is 30.8 Å². The molecule has 184 valence electrons. The maximum absolute atomic E-state index is 14.7. The molecule has 0 aliphatic rings. The summed E-state index contributed by atoms with van der Waals surface area (Å²) in [7, 11) is -3.15. The van der Waals surface area contributed by atoms with Crippen LogP contribution in [0.25, 0.3) is 16.6 Å². The second kappa shape index (κ2) is 8.88. The number of pyridine rings is 1. The Morgan fingerprint density at radius 3 is 2.46 bits per heavy atom. The lowest BCUT2D eigenvalue weighted by molar-refractivity contribution is -0.0329. The Bertz CT molecular complexity index is 1590. The number of nitrogens with zero attached hydrogens (tertiary/aromatic N) is 2. The predicted octanol–water partition coefficient (Wildman–Crippen LogP) is 4.68. The maximum Gasteiger partial charge on any atom is 0.446 e. The van der Waals surface area contributed by atoms with E-state index in [-0.39, 0.29) is 28.2 Å². The zero-order chi connectivity index (χ0) is 25.5. The quantitative estimate of drug-likeness (QED) is 0.284. The zero-order valence-corrected chi connectivity index (χ0v) is 18.9. The van der Waals surface area contributed by atoms with Crippen LogP contribution in [0.1, 0.15) is 0 Å². The minimum absolute atomic E-state index is 0.132. The fourth-order valence-electron chi connectivity index (χ4n) is 3.21. The Morgan fingerprint density at radius 1 is 1.09 bits per heavy atom. The topological polar surface area (TPSA) is 103 Å². The molecule has 0 spiro atoms. The van der Waals surface area contributed by atoms with Crippen LogP contribution in [0.4, 0.5) is 27.8 Å². The highest BCUT2D eigenvalue weighted by atomic mass is 32.2. The molecule has 2 aromatic carbocycles. The van der Waals surface area contributed by atoms with Gasteiger partial charge in [-0.2, -0.15) is 13.2 Å². The molecule has 35 heavy (non-hydrogen) atoms.